The van der Waals surface area contributed by atoms with Crippen molar-refractivity contribution in [3.63, 3.8) is 0 Å². The standard InChI is InChI=1S/C20H20F6N4O2/c1-10(18(31)29-15-3-2-12(21)8-27-15)30-5-4-20(25,26)14(9-30)11-6-13(16(22)17(23)24)19(32)28-7-11/h2-3,6-8,10,14,16-17H,4-5,9H2,1H3,(H,28,32)(H,27,29,31). The molecule has 3 unspecified atom stereocenters. The van der Waals surface area contributed by atoms with Crippen LogP contribution in [0.1, 0.15) is 36.6 Å². The van der Waals surface area contributed by atoms with Gasteiger partial charge in [0.05, 0.1) is 23.7 Å². The number of aromatic nitrogens is 2. The number of piperidine rings is 1. The van der Waals surface area contributed by atoms with Crippen molar-refractivity contribution in [2.75, 3.05) is 18.4 Å². The Morgan fingerprint density at radius 2 is 2.03 bits per heavy atom. The minimum absolute atomic E-state index is 0.0772. The summed E-state index contributed by atoms with van der Waals surface area (Å²) in [6.45, 7) is 0.982. The minimum Gasteiger partial charge on any atom is -0.328 e. The highest BCUT2D eigenvalue weighted by atomic mass is 19.3. The van der Waals surface area contributed by atoms with Gasteiger partial charge in [-0.3, -0.25) is 14.5 Å². The van der Waals surface area contributed by atoms with Gasteiger partial charge in [-0.2, -0.15) is 0 Å². The van der Waals surface area contributed by atoms with Crippen LogP contribution in [0.25, 0.3) is 0 Å². The fourth-order valence-electron chi connectivity index (χ4n) is 3.53. The number of carbonyl (C=O) groups is 1. The highest BCUT2D eigenvalue weighted by Crippen LogP contribution is 2.41. The average molecular weight is 462 g/mol. The Labute approximate surface area is 178 Å². The van der Waals surface area contributed by atoms with E-state index in [-0.39, 0.29) is 24.5 Å². The van der Waals surface area contributed by atoms with Crippen LogP contribution in [0.15, 0.2) is 35.4 Å². The zero-order valence-corrected chi connectivity index (χ0v) is 16.8. The largest absolute Gasteiger partial charge is 0.328 e. The summed E-state index contributed by atoms with van der Waals surface area (Å²) in [4.78, 5) is 31.4. The number of halogens is 6. The number of pyridine rings is 2. The number of anilines is 1. The van der Waals surface area contributed by atoms with Gasteiger partial charge < -0.3 is 10.3 Å². The van der Waals surface area contributed by atoms with Crippen LogP contribution >= 0.6 is 0 Å². The third kappa shape index (κ3) is 5.12. The lowest BCUT2D eigenvalue weighted by Gasteiger charge is -2.40. The number of H-pyrrole nitrogens is 1. The SMILES string of the molecule is CC(C(=O)Nc1ccc(F)cn1)N1CCC(F)(F)C(c2c[nH]c(=O)c(C(F)C(F)F)c2)C1. The van der Waals surface area contributed by atoms with Gasteiger partial charge in [0.2, 0.25) is 5.91 Å². The Balaban J connectivity index is 1.80. The number of hydrogen-bond donors (Lipinski definition) is 2. The summed E-state index contributed by atoms with van der Waals surface area (Å²) < 4.78 is 81.5. The molecule has 1 amide bonds. The third-order valence-electron chi connectivity index (χ3n) is 5.44. The van der Waals surface area contributed by atoms with Crippen molar-refractivity contribution in [3.05, 3.63) is 57.9 Å². The monoisotopic (exact) mass is 462 g/mol. The average Bonchev–Trinajstić information content (AvgIpc) is 2.74. The molecule has 1 fully saturated rings. The summed E-state index contributed by atoms with van der Waals surface area (Å²) >= 11 is 0. The number of alkyl halides is 5. The number of nitrogens with one attached hydrogen (secondary N) is 2. The van der Waals surface area contributed by atoms with Crippen molar-refractivity contribution in [3.8, 4) is 0 Å². The van der Waals surface area contributed by atoms with Gasteiger partial charge in [-0.05, 0) is 30.7 Å². The molecule has 2 N–H and O–H groups in total. The molecule has 0 aromatic carbocycles. The molecule has 3 atom stereocenters. The van der Waals surface area contributed by atoms with Crippen LogP contribution < -0.4 is 10.9 Å². The summed E-state index contributed by atoms with van der Waals surface area (Å²) in [7, 11) is 0. The number of rotatable bonds is 6. The van der Waals surface area contributed by atoms with E-state index in [0.717, 1.165) is 24.5 Å². The summed E-state index contributed by atoms with van der Waals surface area (Å²) in [6.07, 6.45) is -5.20. The zero-order chi connectivity index (χ0) is 23.6. The Morgan fingerprint density at radius 3 is 2.66 bits per heavy atom. The first kappa shape index (κ1) is 23.8. The van der Waals surface area contributed by atoms with Crippen molar-refractivity contribution in [1.29, 1.82) is 0 Å². The molecular weight excluding hydrogens is 442 g/mol. The van der Waals surface area contributed by atoms with E-state index >= 15 is 0 Å². The fraction of sp³-hybridized carbons (Fsp3) is 0.450. The van der Waals surface area contributed by atoms with Gasteiger partial charge in [0.25, 0.3) is 17.9 Å². The van der Waals surface area contributed by atoms with Crippen LogP contribution in [0.3, 0.4) is 0 Å². The maximum atomic E-state index is 14.7. The number of carbonyl (C=O) groups excluding carboxylic acids is 1. The number of hydrogen-bond acceptors (Lipinski definition) is 4. The van der Waals surface area contributed by atoms with Crippen molar-refractivity contribution >= 4 is 11.7 Å². The van der Waals surface area contributed by atoms with Crippen LogP contribution in [0.4, 0.5) is 32.2 Å². The second-order valence-corrected chi connectivity index (χ2v) is 7.54. The van der Waals surface area contributed by atoms with Gasteiger partial charge >= 0.3 is 0 Å². The highest BCUT2D eigenvalue weighted by molar-refractivity contribution is 5.93. The van der Waals surface area contributed by atoms with E-state index in [9.17, 15) is 35.9 Å². The molecule has 174 valence electrons. The van der Waals surface area contributed by atoms with Crippen molar-refractivity contribution in [2.24, 2.45) is 0 Å². The first-order valence-corrected chi connectivity index (χ1v) is 9.68. The van der Waals surface area contributed by atoms with Crippen LogP contribution in [0.2, 0.25) is 0 Å². The molecule has 0 saturated carbocycles. The molecular formula is C20H20F6N4O2. The van der Waals surface area contributed by atoms with Crippen LogP contribution in [-0.2, 0) is 4.79 Å². The maximum Gasteiger partial charge on any atom is 0.273 e. The van der Waals surface area contributed by atoms with E-state index in [1.54, 1.807) is 0 Å². The molecule has 2 aromatic heterocycles. The smallest absolute Gasteiger partial charge is 0.273 e. The van der Waals surface area contributed by atoms with Gasteiger partial charge in [-0.1, -0.05) is 0 Å². The Bertz CT molecular complexity index is 1010. The normalized spacial score (nSPS) is 20.7. The zero-order valence-electron chi connectivity index (χ0n) is 16.8. The minimum atomic E-state index is -3.49. The molecule has 3 rings (SSSR count). The van der Waals surface area contributed by atoms with E-state index < -0.39 is 59.7 Å². The molecule has 0 bridgehead atoms. The summed E-state index contributed by atoms with van der Waals surface area (Å²) in [5, 5.41) is 2.46. The summed E-state index contributed by atoms with van der Waals surface area (Å²) in [5.74, 6) is -5.95. The van der Waals surface area contributed by atoms with Crippen LogP contribution in [-0.4, -0.2) is 52.3 Å². The third-order valence-corrected chi connectivity index (χ3v) is 5.44. The van der Waals surface area contributed by atoms with Gasteiger partial charge in [0, 0.05) is 25.7 Å². The lowest BCUT2D eigenvalue weighted by Crippen LogP contribution is -2.52. The highest BCUT2D eigenvalue weighted by Gasteiger charge is 2.46. The van der Waals surface area contributed by atoms with Gasteiger partial charge in [0.15, 0.2) is 6.17 Å². The van der Waals surface area contributed by atoms with Gasteiger partial charge in [0.1, 0.15) is 11.6 Å². The lowest BCUT2D eigenvalue weighted by atomic mass is 9.86. The number of likely N-dealkylation sites (tertiary alicyclic amines) is 1. The quantitative estimate of drug-likeness (QED) is 0.643. The molecule has 6 nitrogen and oxygen atoms in total. The molecule has 1 saturated heterocycles. The first-order chi connectivity index (χ1) is 15.0. The number of aromatic amines is 1. The molecule has 1 aliphatic rings. The van der Waals surface area contributed by atoms with Crippen LogP contribution in [0, 0.1) is 5.82 Å². The van der Waals surface area contributed by atoms with E-state index in [0.29, 0.717) is 0 Å². The van der Waals surface area contributed by atoms with E-state index in [1.165, 1.54) is 17.9 Å². The second-order valence-electron chi connectivity index (χ2n) is 7.54. The van der Waals surface area contributed by atoms with E-state index in [2.05, 4.69) is 10.3 Å². The summed E-state index contributed by atoms with van der Waals surface area (Å²) in [6, 6.07) is 2.17. The van der Waals surface area contributed by atoms with Gasteiger partial charge in [-0.15, -0.1) is 0 Å². The molecule has 0 spiro atoms. The van der Waals surface area contributed by atoms with E-state index in [1.807, 2.05) is 4.98 Å². The molecule has 0 radical (unpaired) electrons. The Kier molecular flexibility index (Phi) is 6.91. The lowest BCUT2D eigenvalue weighted by molar-refractivity contribution is -0.125. The number of amides is 1. The first-order valence-electron chi connectivity index (χ1n) is 9.68. The maximum absolute atomic E-state index is 14.7. The molecule has 1 aliphatic heterocycles. The Morgan fingerprint density at radius 1 is 1.31 bits per heavy atom. The topological polar surface area (TPSA) is 78.1 Å². The predicted molar refractivity (Wildman–Crippen MR) is 103 cm³/mol. The molecule has 0 aliphatic carbocycles. The van der Waals surface area contributed by atoms with Crippen molar-refractivity contribution in [1.82, 2.24) is 14.9 Å². The number of nitrogens with zero attached hydrogens (tertiary/aromatic N) is 2. The summed E-state index contributed by atoms with van der Waals surface area (Å²) in [5.41, 5.74) is -2.28. The predicted octanol–water partition coefficient (Wildman–Crippen LogP) is 3.64. The second kappa shape index (κ2) is 9.31. The molecule has 2 aromatic rings. The van der Waals surface area contributed by atoms with Crippen LogP contribution in [0.5, 0.6) is 0 Å². The Hall–Kier alpha value is -2.89. The fourth-order valence-corrected chi connectivity index (χ4v) is 3.53. The molecule has 32 heavy (non-hydrogen) atoms. The van der Waals surface area contributed by atoms with Crippen molar-refractivity contribution in [2.45, 2.75) is 43.8 Å². The van der Waals surface area contributed by atoms with Crippen molar-refractivity contribution < 1.29 is 31.1 Å². The van der Waals surface area contributed by atoms with E-state index in [4.69, 9.17) is 0 Å². The molecule has 3 heterocycles. The van der Waals surface area contributed by atoms with Gasteiger partial charge in [-0.25, -0.2) is 31.3 Å². The molecule has 12 heteroatoms.